The Morgan fingerprint density at radius 2 is 1.93 bits per heavy atom. The van der Waals surface area contributed by atoms with E-state index in [1.165, 1.54) is 0 Å². The number of hydrogen-bond acceptors (Lipinski definition) is 5. The fourth-order valence-corrected chi connectivity index (χ4v) is 3.37. The first-order valence-corrected chi connectivity index (χ1v) is 10.6. The van der Waals surface area contributed by atoms with Crippen LogP contribution in [0.1, 0.15) is 64.7 Å². The van der Waals surface area contributed by atoms with Crippen molar-refractivity contribution < 1.29 is 23.8 Å². The highest BCUT2D eigenvalue weighted by Gasteiger charge is 2.36. The number of benzene rings is 1. The summed E-state index contributed by atoms with van der Waals surface area (Å²) in [5, 5.41) is 2.89. The molecule has 0 radical (unpaired) electrons. The van der Waals surface area contributed by atoms with Crippen LogP contribution in [-0.2, 0) is 4.74 Å². The number of ether oxygens (including phenoxy) is 3. The number of likely N-dealkylation sites (tertiary alicyclic amines) is 1. The standard InChI is InChI=1S/C23H36N2O5/c1-15(2)11-13-29-19-9-8-17(14-20(19)28-7)21(26)25-12-10-18(16(25)3)24-22(27)30-23(4,5)6/h8-9,14-16,18H,10-13H2,1-7H3,(H,24,27)/t16-,18+/m1/s1. The molecule has 7 nitrogen and oxygen atoms in total. The minimum absolute atomic E-state index is 0.0944. The predicted molar refractivity (Wildman–Crippen MR) is 116 cm³/mol. The molecule has 0 unspecified atom stereocenters. The molecule has 0 bridgehead atoms. The van der Waals surface area contributed by atoms with Gasteiger partial charge in [-0.15, -0.1) is 0 Å². The summed E-state index contributed by atoms with van der Waals surface area (Å²) in [5.74, 6) is 1.63. The molecule has 1 aromatic rings. The Balaban J connectivity index is 2.03. The minimum Gasteiger partial charge on any atom is -0.493 e. The highest BCUT2D eigenvalue weighted by atomic mass is 16.6. The number of nitrogens with zero attached hydrogens (tertiary/aromatic N) is 1. The monoisotopic (exact) mass is 420 g/mol. The number of carbonyl (C=O) groups excluding carboxylic acids is 2. The molecule has 1 heterocycles. The topological polar surface area (TPSA) is 77.1 Å². The van der Waals surface area contributed by atoms with Gasteiger partial charge in [0.2, 0.25) is 0 Å². The molecule has 1 aliphatic heterocycles. The molecule has 0 saturated carbocycles. The quantitative estimate of drug-likeness (QED) is 0.714. The highest BCUT2D eigenvalue weighted by Crippen LogP contribution is 2.30. The van der Waals surface area contributed by atoms with Crippen molar-refractivity contribution in [2.24, 2.45) is 5.92 Å². The first kappa shape index (κ1) is 23.8. The Hall–Kier alpha value is -2.44. The van der Waals surface area contributed by atoms with Crippen LogP contribution in [-0.4, -0.2) is 54.8 Å². The molecule has 1 fully saturated rings. The molecular weight excluding hydrogens is 384 g/mol. The fraction of sp³-hybridized carbons (Fsp3) is 0.652. The van der Waals surface area contributed by atoms with E-state index in [2.05, 4.69) is 19.2 Å². The summed E-state index contributed by atoms with van der Waals surface area (Å²) in [6.45, 7) is 12.9. The molecule has 0 aromatic heterocycles. The maximum Gasteiger partial charge on any atom is 0.407 e. The van der Waals surface area contributed by atoms with Gasteiger partial charge >= 0.3 is 6.09 Å². The van der Waals surface area contributed by atoms with Gasteiger partial charge in [-0.25, -0.2) is 4.79 Å². The van der Waals surface area contributed by atoms with Gasteiger partial charge in [0.1, 0.15) is 5.60 Å². The van der Waals surface area contributed by atoms with Crippen molar-refractivity contribution in [3.05, 3.63) is 23.8 Å². The molecule has 1 aliphatic rings. The van der Waals surface area contributed by atoms with Crippen molar-refractivity contribution in [2.45, 2.75) is 72.1 Å². The summed E-state index contributed by atoms with van der Waals surface area (Å²) >= 11 is 0. The van der Waals surface area contributed by atoms with Gasteiger partial charge in [0.25, 0.3) is 5.91 Å². The number of hydrogen-bond donors (Lipinski definition) is 1. The average molecular weight is 421 g/mol. The summed E-state index contributed by atoms with van der Waals surface area (Å²) < 4.78 is 16.6. The lowest BCUT2D eigenvalue weighted by atomic mass is 10.1. The fourth-order valence-electron chi connectivity index (χ4n) is 3.37. The largest absolute Gasteiger partial charge is 0.493 e. The van der Waals surface area contributed by atoms with Crippen molar-refractivity contribution in [1.29, 1.82) is 0 Å². The maximum absolute atomic E-state index is 13.1. The predicted octanol–water partition coefficient (Wildman–Crippen LogP) is 4.25. The van der Waals surface area contributed by atoms with Crippen LogP contribution in [0.25, 0.3) is 0 Å². The van der Waals surface area contributed by atoms with Crippen molar-refractivity contribution in [3.8, 4) is 11.5 Å². The summed E-state index contributed by atoms with van der Waals surface area (Å²) in [5.41, 5.74) is -0.0235. The Bertz CT molecular complexity index is 742. The average Bonchev–Trinajstić information content (AvgIpc) is 2.99. The Labute approximate surface area is 180 Å². The van der Waals surface area contributed by atoms with Crippen LogP contribution in [0.3, 0.4) is 0 Å². The van der Waals surface area contributed by atoms with E-state index in [1.807, 2.05) is 27.7 Å². The number of amides is 2. The molecule has 0 spiro atoms. The number of alkyl carbamates (subject to hydrolysis) is 1. The summed E-state index contributed by atoms with van der Waals surface area (Å²) in [7, 11) is 1.57. The number of carbonyl (C=O) groups is 2. The Morgan fingerprint density at radius 1 is 1.23 bits per heavy atom. The lowest BCUT2D eigenvalue weighted by Gasteiger charge is -2.27. The SMILES string of the molecule is COc1cc(C(=O)N2CC[C@H](NC(=O)OC(C)(C)C)[C@H]2C)ccc1OCCC(C)C. The molecule has 2 atom stereocenters. The van der Waals surface area contributed by atoms with E-state index in [0.29, 0.717) is 42.6 Å². The normalized spacial score (nSPS) is 19.0. The van der Waals surface area contributed by atoms with Crippen LogP contribution in [0.15, 0.2) is 18.2 Å². The Kier molecular flexibility index (Phi) is 7.98. The van der Waals surface area contributed by atoms with E-state index in [0.717, 1.165) is 6.42 Å². The zero-order valence-corrected chi connectivity index (χ0v) is 19.3. The van der Waals surface area contributed by atoms with Crippen LogP contribution < -0.4 is 14.8 Å². The summed E-state index contributed by atoms with van der Waals surface area (Å²) in [6, 6.07) is 4.97. The van der Waals surface area contributed by atoms with Gasteiger partial charge in [-0.05, 0) is 64.7 Å². The molecular formula is C23H36N2O5. The van der Waals surface area contributed by atoms with Gasteiger partial charge in [0.05, 0.1) is 19.8 Å². The van der Waals surface area contributed by atoms with E-state index in [-0.39, 0.29) is 18.0 Å². The highest BCUT2D eigenvalue weighted by molar-refractivity contribution is 5.95. The van der Waals surface area contributed by atoms with Gasteiger partial charge < -0.3 is 24.4 Å². The first-order chi connectivity index (χ1) is 14.0. The van der Waals surface area contributed by atoms with E-state index in [9.17, 15) is 9.59 Å². The summed E-state index contributed by atoms with van der Waals surface area (Å²) in [6.07, 6.45) is 1.17. The number of methoxy groups -OCH3 is 1. The van der Waals surface area contributed by atoms with Gasteiger partial charge in [0.15, 0.2) is 11.5 Å². The van der Waals surface area contributed by atoms with Crippen LogP contribution in [0.4, 0.5) is 4.79 Å². The second-order valence-electron chi connectivity index (χ2n) is 9.18. The number of nitrogens with one attached hydrogen (secondary N) is 1. The van der Waals surface area contributed by atoms with Crippen molar-refractivity contribution >= 4 is 12.0 Å². The van der Waals surface area contributed by atoms with Gasteiger partial charge in [-0.1, -0.05) is 13.8 Å². The first-order valence-electron chi connectivity index (χ1n) is 10.6. The third-order valence-corrected chi connectivity index (χ3v) is 5.08. The second-order valence-corrected chi connectivity index (χ2v) is 9.18. The van der Waals surface area contributed by atoms with E-state index >= 15 is 0 Å². The second kappa shape index (κ2) is 10.0. The lowest BCUT2D eigenvalue weighted by molar-refractivity contribution is 0.0485. The molecule has 7 heteroatoms. The maximum atomic E-state index is 13.1. The van der Waals surface area contributed by atoms with E-state index in [1.54, 1.807) is 30.2 Å². The number of rotatable bonds is 7. The van der Waals surface area contributed by atoms with Gasteiger partial charge in [-0.3, -0.25) is 4.79 Å². The molecule has 1 aromatic carbocycles. The summed E-state index contributed by atoms with van der Waals surface area (Å²) in [4.78, 5) is 26.9. The minimum atomic E-state index is -0.559. The molecule has 1 N–H and O–H groups in total. The van der Waals surface area contributed by atoms with Gasteiger partial charge in [-0.2, -0.15) is 0 Å². The van der Waals surface area contributed by atoms with E-state index in [4.69, 9.17) is 14.2 Å². The smallest absolute Gasteiger partial charge is 0.407 e. The van der Waals surface area contributed by atoms with Crippen LogP contribution >= 0.6 is 0 Å². The Morgan fingerprint density at radius 3 is 2.53 bits per heavy atom. The zero-order valence-electron chi connectivity index (χ0n) is 19.3. The molecule has 168 valence electrons. The molecule has 0 aliphatic carbocycles. The van der Waals surface area contributed by atoms with Crippen molar-refractivity contribution in [1.82, 2.24) is 10.2 Å². The van der Waals surface area contributed by atoms with Crippen LogP contribution in [0.5, 0.6) is 11.5 Å². The lowest BCUT2D eigenvalue weighted by Crippen LogP contribution is -2.46. The van der Waals surface area contributed by atoms with Crippen molar-refractivity contribution in [2.75, 3.05) is 20.3 Å². The molecule has 2 rings (SSSR count). The van der Waals surface area contributed by atoms with Crippen molar-refractivity contribution in [3.63, 3.8) is 0 Å². The third-order valence-electron chi connectivity index (χ3n) is 5.08. The van der Waals surface area contributed by atoms with Crippen LogP contribution in [0.2, 0.25) is 0 Å². The molecule has 2 amide bonds. The van der Waals surface area contributed by atoms with Gasteiger partial charge in [0, 0.05) is 18.2 Å². The zero-order chi connectivity index (χ0) is 22.5. The van der Waals surface area contributed by atoms with Crippen LogP contribution in [0, 0.1) is 5.92 Å². The molecule has 30 heavy (non-hydrogen) atoms. The van der Waals surface area contributed by atoms with E-state index < -0.39 is 11.7 Å². The molecule has 1 saturated heterocycles. The third kappa shape index (κ3) is 6.54.